The summed E-state index contributed by atoms with van der Waals surface area (Å²) in [6, 6.07) is -2.15. The van der Waals surface area contributed by atoms with E-state index in [1.54, 1.807) is 0 Å². The van der Waals surface area contributed by atoms with Crippen LogP contribution in [0.15, 0.2) is 0 Å². The first-order valence-electron chi connectivity index (χ1n) is 6.69. The second kappa shape index (κ2) is 13.4. The smallest absolute Gasteiger partial charge is 0.373 e. The molecule has 0 bridgehead atoms. The molecule has 17 heteroatoms. The lowest BCUT2D eigenvalue weighted by Crippen LogP contribution is -2.49. The topological polar surface area (TPSA) is 250 Å². The number of carboxylic acids is 2. The van der Waals surface area contributed by atoms with Crippen LogP contribution in [0.2, 0.25) is 0 Å². The van der Waals surface area contributed by atoms with Gasteiger partial charge in [-0.15, -0.1) is 0 Å². The molecule has 0 fully saturated rings. The maximum Gasteiger partial charge on any atom is 0.373 e. The molecule has 2 amide bonds. The Hall–Kier alpha value is -1.79. The van der Waals surface area contributed by atoms with Gasteiger partial charge in [0.15, 0.2) is 0 Å². The third-order valence-corrected chi connectivity index (χ3v) is 4.23. The summed E-state index contributed by atoms with van der Waals surface area (Å²) in [7, 11) is -7.87. The average Bonchev–Trinajstić information content (AvgIpc) is 2.54. The summed E-state index contributed by atoms with van der Waals surface area (Å²) >= 11 is 3.87. The summed E-state index contributed by atoms with van der Waals surface area (Å²) in [5, 5.41) is 21.4. The third kappa shape index (κ3) is 15.0. The Kier molecular flexibility index (Phi) is 13.6. The summed E-state index contributed by atoms with van der Waals surface area (Å²) < 4.78 is 43.0. The Balaban J connectivity index is 0. The highest BCUT2D eigenvalue weighted by molar-refractivity contribution is 8.59. The zero-order valence-corrected chi connectivity index (χ0v) is 16.0. The zero-order valence-electron chi connectivity index (χ0n) is 13.5. The van der Waals surface area contributed by atoms with Crippen molar-refractivity contribution in [3.05, 3.63) is 0 Å². The monoisotopic (exact) mass is 453 g/mol. The summed E-state index contributed by atoms with van der Waals surface area (Å²) in [6.07, 6.45) is -0.235. The van der Waals surface area contributed by atoms with Crippen molar-refractivity contribution < 1.29 is 51.1 Å². The molecule has 14 nitrogen and oxygen atoms in total. The first kappa shape index (κ1) is 27.4. The van der Waals surface area contributed by atoms with E-state index in [1.807, 2.05) is 0 Å². The number of nitrogens with one attached hydrogen (secondary N) is 2. The van der Waals surface area contributed by atoms with Crippen molar-refractivity contribution in [2.45, 2.75) is 24.9 Å². The van der Waals surface area contributed by atoms with Crippen molar-refractivity contribution in [2.24, 2.45) is 5.73 Å². The van der Waals surface area contributed by atoms with Gasteiger partial charge in [0.25, 0.3) is 0 Å². The lowest BCUT2D eigenvalue weighted by atomic mass is 10.1. The second-order valence-electron chi connectivity index (χ2n) is 4.54. The van der Waals surface area contributed by atoms with Gasteiger partial charge in [-0.1, -0.05) is 0 Å². The molecule has 27 heavy (non-hydrogen) atoms. The summed E-state index contributed by atoms with van der Waals surface area (Å²) in [5.41, 5.74) is 5.23. The van der Waals surface area contributed by atoms with E-state index < -0.39 is 61.6 Å². The van der Waals surface area contributed by atoms with Crippen LogP contribution in [-0.2, 0) is 38.4 Å². The molecule has 0 saturated heterocycles. The van der Waals surface area contributed by atoms with E-state index in [1.165, 1.54) is 0 Å². The Morgan fingerprint density at radius 3 is 2.00 bits per heavy atom. The van der Waals surface area contributed by atoms with Crippen LogP contribution in [0.5, 0.6) is 0 Å². The van der Waals surface area contributed by atoms with Gasteiger partial charge in [0.1, 0.15) is 18.6 Å². The fourth-order valence-electron chi connectivity index (χ4n) is 1.16. The zero-order chi connectivity index (χ0) is 21.8. The number of carbonyl (C=O) groups excluding carboxylic acids is 2. The lowest BCUT2D eigenvalue weighted by molar-refractivity contribution is -0.139. The van der Waals surface area contributed by atoms with Gasteiger partial charge in [-0.2, -0.15) is 21.0 Å². The molecule has 0 aromatic rings. The standard InChI is InChI=1S/C10H17N3O6S.H2O5S2/c11-5(10(18)19)1-2-7(14)13-6(4-20)9(17)12-3-8(15)16;1-6(2)7(3,4)5/h5-6,20H,1-4,11H2,(H,12,17)(H,13,14)(H,15,16)(H,18,19);(H,1,2)(H,3,4,5)/t5-,6-;/m0./s1. The number of carbonyl (C=O) groups is 4. The van der Waals surface area contributed by atoms with Gasteiger partial charge in [0.2, 0.25) is 11.8 Å². The Bertz CT molecular complexity index is 667. The molecule has 0 aliphatic rings. The van der Waals surface area contributed by atoms with Crippen LogP contribution in [0.4, 0.5) is 0 Å². The minimum absolute atomic E-state index is 0.0256. The SMILES string of the molecule is N[C@@H](CCC(=O)N[C@@H](CS)C(=O)NCC(=O)O)C(=O)O.O=S(O)S(=O)(=O)O. The van der Waals surface area contributed by atoms with E-state index in [2.05, 4.69) is 23.3 Å². The molecule has 0 aromatic carbocycles. The van der Waals surface area contributed by atoms with Crippen molar-refractivity contribution in [3.63, 3.8) is 0 Å². The largest absolute Gasteiger partial charge is 0.480 e. The van der Waals surface area contributed by atoms with Crippen LogP contribution in [0.1, 0.15) is 12.8 Å². The number of nitrogens with two attached hydrogens (primary N) is 1. The van der Waals surface area contributed by atoms with Crippen LogP contribution in [-0.4, -0.2) is 80.1 Å². The Morgan fingerprint density at radius 2 is 1.67 bits per heavy atom. The molecule has 8 N–H and O–H groups in total. The molecule has 0 radical (unpaired) electrons. The van der Waals surface area contributed by atoms with Crippen LogP contribution < -0.4 is 16.4 Å². The molecule has 0 spiro atoms. The van der Waals surface area contributed by atoms with Gasteiger partial charge in [0.05, 0.1) is 0 Å². The van der Waals surface area contributed by atoms with Gasteiger partial charge >= 0.3 is 31.2 Å². The van der Waals surface area contributed by atoms with Crippen molar-refractivity contribution >= 4 is 55.6 Å². The second-order valence-corrected chi connectivity index (χ2v) is 8.32. The van der Waals surface area contributed by atoms with Gasteiger partial charge in [-0.3, -0.25) is 28.3 Å². The van der Waals surface area contributed by atoms with E-state index in [4.69, 9.17) is 25.1 Å². The number of amides is 2. The summed E-state index contributed by atoms with van der Waals surface area (Å²) in [4.78, 5) is 43.7. The van der Waals surface area contributed by atoms with E-state index in [9.17, 15) is 31.8 Å². The number of rotatable bonds is 10. The summed E-state index contributed by atoms with van der Waals surface area (Å²) in [5.74, 6) is -3.70. The van der Waals surface area contributed by atoms with Gasteiger partial charge in [-0.05, 0) is 6.42 Å². The number of thiol groups is 1. The summed E-state index contributed by atoms with van der Waals surface area (Å²) in [6.45, 7) is -0.567. The molecule has 0 aromatic heterocycles. The molecule has 0 heterocycles. The van der Waals surface area contributed by atoms with Crippen molar-refractivity contribution in [3.8, 4) is 0 Å². The van der Waals surface area contributed by atoms with Crippen LogP contribution >= 0.6 is 12.6 Å². The quantitative estimate of drug-likeness (QED) is 0.0704. The van der Waals surface area contributed by atoms with E-state index in [0.29, 0.717) is 0 Å². The predicted molar refractivity (Wildman–Crippen MR) is 93.6 cm³/mol. The lowest BCUT2D eigenvalue weighted by Gasteiger charge is -2.16. The van der Waals surface area contributed by atoms with Gasteiger partial charge in [-0.25, -0.2) is 4.21 Å². The van der Waals surface area contributed by atoms with Crippen LogP contribution in [0.3, 0.4) is 0 Å². The van der Waals surface area contributed by atoms with Crippen molar-refractivity contribution in [2.75, 3.05) is 12.3 Å². The number of hydrogen-bond acceptors (Lipinski definition) is 9. The van der Waals surface area contributed by atoms with E-state index in [0.717, 1.165) is 0 Å². The Morgan fingerprint density at radius 1 is 1.19 bits per heavy atom. The fourth-order valence-corrected chi connectivity index (χ4v) is 1.41. The molecule has 158 valence electrons. The minimum atomic E-state index is -4.71. The highest BCUT2D eigenvalue weighted by atomic mass is 33.2. The number of aliphatic carboxylic acids is 2. The van der Waals surface area contributed by atoms with Crippen LogP contribution in [0, 0.1) is 0 Å². The first-order chi connectivity index (χ1) is 12.2. The van der Waals surface area contributed by atoms with Crippen LogP contribution in [0.25, 0.3) is 0 Å². The van der Waals surface area contributed by atoms with Crippen molar-refractivity contribution in [1.29, 1.82) is 0 Å². The minimum Gasteiger partial charge on any atom is -0.480 e. The first-order valence-corrected chi connectivity index (χ1v) is 10.4. The molecule has 0 rings (SSSR count). The van der Waals surface area contributed by atoms with E-state index in [-0.39, 0.29) is 18.6 Å². The molecule has 0 aliphatic heterocycles. The molecule has 0 saturated carbocycles. The van der Waals surface area contributed by atoms with Crippen molar-refractivity contribution in [1.82, 2.24) is 10.6 Å². The molecular weight excluding hydrogens is 434 g/mol. The maximum absolute atomic E-state index is 11.5. The average molecular weight is 453 g/mol. The number of carboxylic acid groups (broad SMARTS) is 2. The maximum atomic E-state index is 11.5. The highest BCUT2D eigenvalue weighted by Crippen LogP contribution is 1.97. The third-order valence-electron chi connectivity index (χ3n) is 2.43. The molecule has 1 unspecified atom stereocenters. The number of hydrogen-bond donors (Lipinski definition) is 8. The highest BCUT2D eigenvalue weighted by Gasteiger charge is 2.20. The van der Waals surface area contributed by atoms with E-state index >= 15 is 0 Å². The Labute approximate surface area is 160 Å². The molecular formula is C10H19N3O11S3. The van der Waals surface area contributed by atoms with Gasteiger partial charge < -0.3 is 26.6 Å². The fraction of sp³-hybridized carbons (Fsp3) is 0.600. The molecule has 3 atom stereocenters. The molecule has 0 aliphatic carbocycles. The predicted octanol–water partition coefficient (Wildman–Crippen LogP) is -3.20. The normalized spacial score (nSPS) is 13.9. The van der Waals surface area contributed by atoms with Gasteiger partial charge in [0, 0.05) is 12.2 Å².